The van der Waals surface area contributed by atoms with Gasteiger partial charge >= 0.3 is 0 Å². The van der Waals surface area contributed by atoms with E-state index in [1.807, 2.05) is 0 Å². The number of imidazole rings is 1. The predicted octanol–water partition coefficient (Wildman–Crippen LogP) is 0.601. The monoisotopic (exact) mass is 276 g/mol. The summed E-state index contributed by atoms with van der Waals surface area (Å²) < 4.78 is 13.4. The summed E-state index contributed by atoms with van der Waals surface area (Å²) in [5, 5.41) is 0. The molecule has 3 N–H and O–H groups in total. The van der Waals surface area contributed by atoms with Crippen molar-refractivity contribution < 1.29 is 14.0 Å². The smallest absolute Gasteiger partial charge is 0.254 e. The van der Waals surface area contributed by atoms with Crippen LogP contribution in [0.2, 0.25) is 0 Å². The Morgan fingerprint density at radius 2 is 2.25 bits per heavy atom. The molecule has 20 heavy (non-hydrogen) atoms. The Kier molecular flexibility index (Phi) is 2.89. The predicted molar refractivity (Wildman–Crippen MR) is 69.6 cm³/mol. The van der Waals surface area contributed by atoms with Crippen LogP contribution in [0.4, 0.5) is 4.39 Å². The molecule has 2 amide bonds. The number of benzene rings is 1. The Bertz CT molecular complexity index is 684. The first-order valence-electron chi connectivity index (χ1n) is 6.24. The highest BCUT2D eigenvalue weighted by molar-refractivity contribution is 6.00. The molecular weight excluding hydrogens is 263 g/mol. The maximum atomic E-state index is 13.4. The molecule has 7 heteroatoms. The number of likely N-dealkylation sites (tertiary alicyclic amines) is 1. The lowest BCUT2D eigenvalue weighted by Crippen LogP contribution is -2.43. The number of aromatic nitrogens is 2. The molecule has 3 rings (SSSR count). The van der Waals surface area contributed by atoms with Crippen molar-refractivity contribution in [2.75, 3.05) is 6.54 Å². The molecule has 6 nitrogen and oxygen atoms in total. The maximum Gasteiger partial charge on any atom is 0.254 e. The lowest BCUT2D eigenvalue weighted by atomic mass is 10.1. The van der Waals surface area contributed by atoms with E-state index < -0.39 is 24.0 Å². The van der Waals surface area contributed by atoms with Crippen LogP contribution in [-0.4, -0.2) is 45.4 Å². The number of nitrogens with one attached hydrogen (secondary N) is 1. The molecule has 2 heterocycles. The van der Waals surface area contributed by atoms with Crippen molar-refractivity contribution in [3.63, 3.8) is 0 Å². The van der Waals surface area contributed by atoms with Crippen LogP contribution in [0.1, 0.15) is 16.8 Å². The van der Waals surface area contributed by atoms with Gasteiger partial charge in [0, 0.05) is 12.0 Å². The van der Waals surface area contributed by atoms with E-state index in [1.165, 1.54) is 11.2 Å². The van der Waals surface area contributed by atoms with Crippen LogP contribution < -0.4 is 5.73 Å². The Labute approximate surface area is 113 Å². The van der Waals surface area contributed by atoms with Gasteiger partial charge in [0.2, 0.25) is 5.91 Å². The lowest BCUT2D eigenvalue weighted by Gasteiger charge is -2.21. The van der Waals surface area contributed by atoms with E-state index in [2.05, 4.69) is 9.97 Å². The van der Waals surface area contributed by atoms with Crippen molar-refractivity contribution in [1.82, 2.24) is 14.9 Å². The van der Waals surface area contributed by atoms with Crippen molar-refractivity contribution in [3.8, 4) is 0 Å². The number of fused-ring (bicyclic) bond motifs is 1. The quantitative estimate of drug-likeness (QED) is 0.841. The fraction of sp³-hybridized carbons (Fsp3) is 0.308. The van der Waals surface area contributed by atoms with Gasteiger partial charge in [-0.1, -0.05) is 0 Å². The van der Waals surface area contributed by atoms with E-state index in [1.54, 1.807) is 18.2 Å². The SMILES string of the molecule is NC(=O)[C@@H]1C[C@@H](F)CN1C(=O)c1ccc2nc[nH]c2c1. The van der Waals surface area contributed by atoms with Gasteiger partial charge in [0.15, 0.2) is 0 Å². The Morgan fingerprint density at radius 3 is 3.00 bits per heavy atom. The molecule has 1 fully saturated rings. The molecule has 0 spiro atoms. The van der Waals surface area contributed by atoms with Crippen LogP contribution in [0.5, 0.6) is 0 Å². The van der Waals surface area contributed by atoms with Gasteiger partial charge in [0.25, 0.3) is 5.91 Å². The highest BCUT2D eigenvalue weighted by Gasteiger charge is 2.39. The van der Waals surface area contributed by atoms with Crippen LogP contribution in [0, 0.1) is 0 Å². The largest absolute Gasteiger partial charge is 0.368 e. The second-order valence-electron chi connectivity index (χ2n) is 4.84. The minimum Gasteiger partial charge on any atom is -0.368 e. The first-order chi connectivity index (χ1) is 9.56. The molecule has 0 bridgehead atoms. The molecule has 1 aliphatic rings. The number of H-pyrrole nitrogens is 1. The summed E-state index contributed by atoms with van der Waals surface area (Å²) in [6.07, 6.45) is 0.277. The topological polar surface area (TPSA) is 92.1 Å². The van der Waals surface area contributed by atoms with Crippen LogP contribution in [0.3, 0.4) is 0 Å². The molecule has 0 saturated carbocycles. The Balaban J connectivity index is 1.92. The zero-order valence-corrected chi connectivity index (χ0v) is 10.5. The molecule has 0 radical (unpaired) electrons. The first-order valence-corrected chi connectivity index (χ1v) is 6.24. The second-order valence-corrected chi connectivity index (χ2v) is 4.84. The molecular formula is C13H13FN4O2. The number of nitrogens with zero attached hydrogens (tertiary/aromatic N) is 2. The molecule has 0 aliphatic carbocycles. The van der Waals surface area contributed by atoms with E-state index in [0.29, 0.717) is 11.1 Å². The number of alkyl halides is 1. The van der Waals surface area contributed by atoms with Gasteiger partial charge in [0.05, 0.1) is 23.9 Å². The standard InChI is InChI=1S/C13H13FN4O2/c14-8-4-11(12(15)19)18(5-8)13(20)7-1-2-9-10(3-7)17-6-16-9/h1-3,6,8,11H,4-5H2,(H2,15,19)(H,16,17)/t8-,11+/m1/s1. The molecule has 1 aliphatic heterocycles. The van der Waals surface area contributed by atoms with Gasteiger partial charge < -0.3 is 15.6 Å². The number of carbonyl (C=O) groups is 2. The third-order valence-electron chi connectivity index (χ3n) is 3.51. The average Bonchev–Trinajstić information content (AvgIpc) is 3.02. The fourth-order valence-corrected chi connectivity index (χ4v) is 2.51. The molecule has 2 aromatic rings. The Hall–Kier alpha value is -2.44. The summed E-state index contributed by atoms with van der Waals surface area (Å²) in [6.45, 7) is -0.104. The number of nitrogens with two attached hydrogens (primary N) is 1. The number of amides is 2. The first kappa shape index (κ1) is 12.6. The van der Waals surface area contributed by atoms with Crippen molar-refractivity contribution in [1.29, 1.82) is 0 Å². The van der Waals surface area contributed by atoms with Crippen LogP contribution in [0.15, 0.2) is 24.5 Å². The Morgan fingerprint density at radius 1 is 1.45 bits per heavy atom. The van der Waals surface area contributed by atoms with E-state index >= 15 is 0 Å². The third kappa shape index (κ3) is 2.01. The van der Waals surface area contributed by atoms with Gasteiger partial charge in [-0.25, -0.2) is 9.37 Å². The molecule has 1 aromatic carbocycles. The highest BCUT2D eigenvalue weighted by atomic mass is 19.1. The average molecular weight is 276 g/mol. The summed E-state index contributed by atoms with van der Waals surface area (Å²) in [6, 6.07) is 4.06. The number of rotatable bonds is 2. The zero-order chi connectivity index (χ0) is 14.3. The minimum atomic E-state index is -1.22. The van der Waals surface area contributed by atoms with Gasteiger partial charge in [-0.05, 0) is 18.2 Å². The summed E-state index contributed by atoms with van der Waals surface area (Å²) in [5.74, 6) is -1.08. The summed E-state index contributed by atoms with van der Waals surface area (Å²) in [7, 11) is 0. The second kappa shape index (κ2) is 4.59. The number of hydrogen-bond acceptors (Lipinski definition) is 3. The third-order valence-corrected chi connectivity index (χ3v) is 3.51. The normalized spacial score (nSPS) is 22.4. The van der Waals surface area contributed by atoms with Crippen molar-refractivity contribution >= 4 is 22.8 Å². The fourth-order valence-electron chi connectivity index (χ4n) is 2.51. The van der Waals surface area contributed by atoms with E-state index in [-0.39, 0.29) is 13.0 Å². The zero-order valence-electron chi connectivity index (χ0n) is 10.5. The van der Waals surface area contributed by atoms with Crippen molar-refractivity contribution in [2.45, 2.75) is 18.6 Å². The number of primary amides is 1. The molecule has 2 atom stereocenters. The van der Waals surface area contributed by atoms with Gasteiger partial charge in [0.1, 0.15) is 12.2 Å². The summed E-state index contributed by atoms with van der Waals surface area (Å²) >= 11 is 0. The number of aromatic amines is 1. The van der Waals surface area contributed by atoms with E-state index in [0.717, 1.165) is 5.52 Å². The number of carbonyl (C=O) groups excluding carboxylic acids is 2. The van der Waals surface area contributed by atoms with E-state index in [4.69, 9.17) is 5.73 Å². The maximum absolute atomic E-state index is 13.4. The van der Waals surface area contributed by atoms with Gasteiger partial charge in [-0.2, -0.15) is 0 Å². The van der Waals surface area contributed by atoms with Crippen LogP contribution in [0.25, 0.3) is 11.0 Å². The van der Waals surface area contributed by atoms with E-state index in [9.17, 15) is 14.0 Å². The van der Waals surface area contributed by atoms with Crippen LogP contribution in [-0.2, 0) is 4.79 Å². The van der Waals surface area contributed by atoms with Crippen molar-refractivity contribution in [2.24, 2.45) is 5.73 Å². The molecule has 1 saturated heterocycles. The number of hydrogen-bond donors (Lipinski definition) is 2. The van der Waals surface area contributed by atoms with Crippen LogP contribution >= 0.6 is 0 Å². The molecule has 104 valence electrons. The minimum absolute atomic E-state index is 0.0344. The lowest BCUT2D eigenvalue weighted by molar-refractivity contribution is -0.121. The van der Waals surface area contributed by atoms with Crippen molar-refractivity contribution in [3.05, 3.63) is 30.1 Å². The number of halogens is 1. The van der Waals surface area contributed by atoms with Gasteiger partial charge in [-0.3, -0.25) is 9.59 Å². The highest BCUT2D eigenvalue weighted by Crippen LogP contribution is 2.23. The summed E-state index contributed by atoms with van der Waals surface area (Å²) in [5.41, 5.74) is 7.05. The molecule has 1 aromatic heterocycles. The molecule has 0 unspecified atom stereocenters. The van der Waals surface area contributed by atoms with Gasteiger partial charge in [-0.15, -0.1) is 0 Å². The summed E-state index contributed by atoms with van der Waals surface area (Å²) in [4.78, 5) is 31.9.